The summed E-state index contributed by atoms with van der Waals surface area (Å²) < 4.78 is 6.85. The van der Waals surface area contributed by atoms with Gasteiger partial charge >= 0.3 is 6.09 Å². The van der Waals surface area contributed by atoms with Crippen molar-refractivity contribution in [2.24, 2.45) is 0 Å². The molecule has 1 aliphatic heterocycles. The number of likely N-dealkylation sites (tertiary alicyclic amines) is 1. The van der Waals surface area contributed by atoms with Gasteiger partial charge in [0.25, 0.3) is 0 Å². The number of amides is 2. The molecule has 2 heterocycles. The summed E-state index contributed by atoms with van der Waals surface area (Å²) in [6.07, 6.45) is 2.12. The Kier molecular flexibility index (Phi) is 9.89. The molecule has 10 nitrogen and oxygen atoms in total. The summed E-state index contributed by atoms with van der Waals surface area (Å²) in [7, 11) is 0. The number of nitrogens with one attached hydrogen (secondary N) is 1. The molecule has 1 fully saturated rings. The summed E-state index contributed by atoms with van der Waals surface area (Å²) >= 11 is 12.6. The maximum absolute atomic E-state index is 13.3. The van der Waals surface area contributed by atoms with Crippen LogP contribution in [0.4, 0.5) is 4.79 Å². The van der Waals surface area contributed by atoms with E-state index in [-0.39, 0.29) is 31.3 Å². The van der Waals surface area contributed by atoms with E-state index >= 15 is 0 Å². The van der Waals surface area contributed by atoms with Gasteiger partial charge in [0.05, 0.1) is 6.04 Å². The molecule has 206 valence electrons. The molecule has 0 spiro atoms. The summed E-state index contributed by atoms with van der Waals surface area (Å²) in [5.74, 6) is -0.232. The van der Waals surface area contributed by atoms with E-state index in [0.29, 0.717) is 40.8 Å². The van der Waals surface area contributed by atoms with Crippen molar-refractivity contribution in [1.82, 2.24) is 30.4 Å². The van der Waals surface area contributed by atoms with Crippen LogP contribution in [0.15, 0.2) is 48.5 Å². The normalized spacial score (nSPS) is 16.0. The first-order chi connectivity index (χ1) is 18.9. The number of hydrogen-bond acceptors (Lipinski definition) is 7. The molecular formula is C27H30Cl2N6O4. The van der Waals surface area contributed by atoms with Gasteiger partial charge in [0.2, 0.25) is 5.91 Å². The van der Waals surface area contributed by atoms with E-state index in [2.05, 4.69) is 20.8 Å². The van der Waals surface area contributed by atoms with Gasteiger partial charge in [-0.1, -0.05) is 66.5 Å². The zero-order chi connectivity index (χ0) is 27.8. The zero-order valence-electron chi connectivity index (χ0n) is 21.6. The summed E-state index contributed by atoms with van der Waals surface area (Å²) in [5, 5.41) is 15.4. The van der Waals surface area contributed by atoms with Gasteiger partial charge in [-0.25, -0.2) is 9.48 Å². The van der Waals surface area contributed by atoms with Crippen molar-refractivity contribution in [3.05, 3.63) is 75.5 Å². The highest BCUT2D eigenvalue weighted by Crippen LogP contribution is 2.26. The number of nitrogens with zero attached hydrogens (tertiary/aromatic N) is 5. The minimum absolute atomic E-state index is 0.119. The lowest BCUT2D eigenvalue weighted by Gasteiger charge is -2.34. The molecule has 0 aliphatic carbocycles. The van der Waals surface area contributed by atoms with Crippen molar-refractivity contribution >= 4 is 41.0 Å². The predicted octanol–water partition coefficient (Wildman–Crippen LogP) is 4.23. The molecule has 12 heteroatoms. The lowest BCUT2D eigenvalue weighted by Crippen LogP contribution is -2.55. The fourth-order valence-electron chi connectivity index (χ4n) is 4.49. The van der Waals surface area contributed by atoms with Gasteiger partial charge in [-0.3, -0.25) is 14.5 Å². The van der Waals surface area contributed by atoms with Crippen molar-refractivity contribution in [1.29, 1.82) is 0 Å². The van der Waals surface area contributed by atoms with Crippen LogP contribution in [0, 0.1) is 0 Å². The number of Topliss-reactive ketones (excluding diaryl/α,β-unsaturated/α-hetero) is 1. The number of halogens is 2. The fraction of sp³-hybridized carbons (Fsp3) is 0.407. The third-order valence-electron chi connectivity index (χ3n) is 6.67. The topological polar surface area (TPSA) is 119 Å². The Morgan fingerprint density at radius 3 is 2.54 bits per heavy atom. The zero-order valence-corrected chi connectivity index (χ0v) is 23.1. The minimum atomic E-state index is -0.775. The van der Waals surface area contributed by atoms with Crippen LogP contribution in [0.5, 0.6) is 0 Å². The van der Waals surface area contributed by atoms with Crippen LogP contribution in [0.1, 0.15) is 49.6 Å². The summed E-state index contributed by atoms with van der Waals surface area (Å²) in [6, 6.07) is 13.0. The second-order valence-electron chi connectivity index (χ2n) is 9.31. The van der Waals surface area contributed by atoms with Crippen molar-refractivity contribution in [2.75, 3.05) is 6.54 Å². The molecule has 1 aromatic heterocycles. The molecule has 2 amide bonds. The molecule has 0 saturated carbocycles. The van der Waals surface area contributed by atoms with Gasteiger partial charge in [0, 0.05) is 23.0 Å². The SMILES string of the molecule is CCC(NC(=O)C1CCCCN1C(=O)OCc1ccccc1)C(=O)Cn1nnnc1Cc1c(Cl)cccc1Cl. The molecule has 1 N–H and O–H groups in total. The number of carbonyl (C=O) groups excluding carboxylic acids is 3. The van der Waals surface area contributed by atoms with Crippen LogP contribution in [0.3, 0.4) is 0 Å². The van der Waals surface area contributed by atoms with Gasteiger partial charge in [0.15, 0.2) is 11.6 Å². The second kappa shape index (κ2) is 13.5. The lowest BCUT2D eigenvalue weighted by molar-refractivity contribution is -0.132. The highest BCUT2D eigenvalue weighted by Gasteiger charge is 2.35. The number of hydrogen-bond donors (Lipinski definition) is 1. The molecule has 1 saturated heterocycles. The van der Waals surface area contributed by atoms with E-state index < -0.39 is 18.2 Å². The Hall–Kier alpha value is -3.50. The number of carbonyl (C=O) groups is 3. The highest BCUT2D eigenvalue weighted by molar-refractivity contribution is 6.36. The Bertz CT molecular complexity index is 1280. The third kappa shape index (κ3) is 7.33. The van der Waals surface area contributed by atoms with Gasteiger partial charge in [-0.15, -0.1) is 5.10 Å². The van der Waals surface area contributed by atoms with E-state index in [9.17, 15) is 14.4 Å². The maximum Gasteiger partial charge on any atom is 0.410 e. The number of piperidine rings is 1. The van der Waals surface area contributed by atoms with Crippen molar-refractivity contribution < 1.29 is 19.1 Å². The Labute approximate surface area is 236 Å². The van der Waals surface area contributed by atoms with E-state index in [0.717, 1.165) is 18.4 Å². The summed E-state index contributed by atoms with van der Waals surface area (Å²) in [6.45, 7) is 2.19. The average Bonchev–Trinajstić information content (AvgIpc) is 3.39. The molecule has 2 unspecified atom stereocenters. The first kappa shape index (κ1) is 28.5. The molecule has 39 heavy (non-hydrogen) atoms. The van der Waals surface area contributed by atoms with E-state index in [4.69, 9.17) is 27.9 Å². The number of ketones is 1. The summed E-state index contributed by atoms with van der Waals surface area (Å²) in [4.78, 5) is 40.7. The smallest absolute Gasteiger partial charge is 0.410 e. The average molecular weight is 573 g/mol. The molecule has 4 rings (SSSR count). The van der Waals surface area contributed by atoms with Gasteiger partial charge in [0.1, 0.15) is 19.2 Å². The molecular weight excluding hydrogens is 543 g/mol. The lowest BCUT2D eigenvalue weighted by atomic mass is 10.0. The van der Waals surface area contributed by atoms with Crippen LogP contribution in [-0.4, -0.2) is 61.5 Å². The van der Waals surface area contributed by atoms with Gasteiger partial charge < -0.3 is 10.1 Å². The van der Waals surface area contributed by atoms with E-state index in [1.54, 1.807) is 25.1 Å². The molecule has 0 bridgehead atoms. The van der Waals surface area contributed by atoms with E-state index in [1.807, 2.05) is 30.3 Å². The number of rotatable bonds is 10. The van der Waals surface area contributed by atoms with Crippen LogP contribution in [0.2, 0.25) is 10.0 Å². The number of tetrazole rings is 1. The second-order valence-corrected chi connectivity index (χ2v) is 10.1. The van der Waals surface area contributed by atoms with Crippen molar-refractivity contribution in [3.63, 3.8) is 0 Å². The van der Waals surface area contributed by atoms with Crippen LogP contribution in [-0.2, 0) is 33.9 Å². The Morgan fingerprint density at radius 1 is 1.08 bits per heavy atom. The van der Waals surface area contributed by atoms with Crippen LogP contribution < -0.4 is 5.32 Å². The van der Waals surface area contributed by atoms with Crippen LogP contribution in [0.25, 0.3) is 0 Å². The molecule has 2 aromatic carbocycles. The first-order valence-electron chi connectivity index (χ1n) is 12.9. The maximum atomic E-state index is 13.3. The quantitative estimate of drug-likeness (QED) is 0.386. The monoisotopic (exact) mass is 572 g/mol. The Balaban J connectivity index is 1.38. The Morgan fingerprint density at radius 2 is 1.82 bits per heavy atom. The van der Waals surface area contributed by atoms with Gasteiger partial charge in [-0.05, 0) is 59.4 Å². The number of aromatic nitrogens is 4. The molecule has 2 atom stereocenters. The standard InChI is InChI=1S/C27H30Cl2N6O4/c1-2-22(24(36)16-35-25(31-32-33-35)15-19-20(28)11-8-12-21(19)29)30-26(37)23-13-6-7-14-34(23)27(38)39-17-18-9-4-3-5-10-18/h3-5,8-12,22-23H,2,6-7,13-17H2,1H3,(H,30,37). The number of ether oxygens (including phenoxy) is 1. The van der Waals surface area contributed by atoms with Crippen molar-refractivity contribution in [2.45, 2.75) is 64.3 Å². The summed E-state index contributed by atoms with van der Waals surface area (Å²) in [5.41, 5.74) is 1.51. The third-order valence-corrected chi connectivity index (χ3v) is 7.37. The van der Waals surface area contributed by atoms with E-state index in [1.165, 1.54) is 9.58 Å². The fourth-order valence-corrected chi connectivity index (χ4v) is 5.02. The molecule has 0 radical (unpaired) electrons. The first-order valence-corrected chi connectivity index (χ1v) is 13.6. The van der Waals surface area contributed by atoms with Crippen LogP contribution >= 0.6 is 23.2 Å². The minimum Gasteiger partial charge on any atom is -0.445 e. The van der Waals surface area contributed by atoms with Gasteiger partial charge in [-0.2, -0.15) is 0 Å². The largest absolute Gasteiger partial charge is 0.445 e. The van der Waals surface area contributed by atoms with Crippen molar-refractivity contribution in [3.8, 4) is 0 Å². The predicted molar refractivity (Wildman–Crippen MR) is 145 cm³/mol. The number of benzene rings is 2. The molecule has 1 aliphatic rings. The molecule has 3 aromatic rings. The highest BCUT2D eigenvalue weighted by atomic mass is 35.5.